The lowest BCUT2D eigenvalue weighted by Gasteiger charge is -2.19. The molecule has 1 unspecified atom stereocenters. The molecule has 112 valence electrons. The monoisotopic (exact) mass is 307 g/mol. The summed E-state index contributed by atoms with van der Waals surface area (Å²) in [6.07, 6.45) is 0.947. The fraction of sp³-hybridized carbons (Fsp3) is 0.294. The van der Waals surface area contributed by atoms with Crippen molar-refractivity contribution in [3.63, 3.8) is 0 Å². The molecule has 2 aromatic rings. The SMILES string of the molecule is CCC(NC)c1ccccc1OCc1cc(Cl)ccc1F. The highest BCUT2D eigenvalue weighted by molar-refractivity contribution is 6.30. The molecule has 2 rings (SSSR count). The lowest BCUT2D eigenvalue weighted by atomic mass is 10.0. The molecule has 0 saturated heterocycles. The quantitative estimate of drug-likeness (QED) is 0.833. The lowest BCUT2D eigenvalue weighted by Crippen LogP contribution is -2.16. The Balaban J connectivity index is 2.18. The first kappa shape index (κ1) is 15.8. The van der Waals surface area contributed by atoms with Crippen molar-refractivity contribution in [2.24, 2.45) is 0 Å². The van der Waals surface area contributed by atoms with Crippen LogP contribution < -0.4 is 10.1 Å². The third kappa shape index (κ3) is 3.96. The van der Waals surface area contributed by atoms with Crippen molar-refractivity contribution in [1.29, 1.82) is 0 Å². The van der Waals surface area contributed by atoms with Crippen LogP contribution in [0.2, 0.25) is 5.02 Å². The molecule has 0 aliphatic rings. The predicted octanol–water partition coefficient (Wildman–Crippen LogP) is 4.73. The molecule has 0 saturated carbocycles. The molecule has 0 aromatic heterocycles. The molecular weight excluding hydrogens is 289 g/mol. The van der Waals surface area contributed by atoms with E-state index in [0.29, 0.717) is 10.6 Å². The number of halogens is 2. The van der Waals surface area contributed by atoms with E-state index in [1.807, 2.05) is 31.3 Å². The van der Waals surface area contributed by atoms with Gasteiger partial charge in [0.1, 0.15) is 18.2 Å². The molecule has 0 radical (unpaired) electrons. The Morgan fingerprint density at radius 3 is 2.71 bits per heavy atom. The van der Waals surface area contributed by atoms with E-state index >= 15 is 0 Å². The highest BCUT2D eigenvalue weighted by Gasteiger charge is 2.13. The number of nitrogens with one attached hydrogen (secondary N) is 1. The van der Waals surface area contributed by atoms with Crippen LogP contribution in [-0.2, 0) is 6.61 Å². The molecule has 0 aliphatic heterocycles. The number of hydrogen-bond acceptors (Lipinski definition) is 2. The van der Waals surface area contributed by atoms with E-state index in [-0.39, 0.29) is 18.5 Å². The molecule has 21 heavy (non-hydrogen) atoms. The molecule has 2 nitrogen and oxygen atoms in total. The van der Waals surface area contributed by atoms with Gasteiger partial charge in [-0.2, -0.15) is 0 Å². The molecule has 2 aromatic carbocycles. The van der Waals surface area contributed by atoms with Crippen molar-refractivity contribution in [1.82, 2.24) is 5.32 Å². The van der Waals surface area contributed by atoms with Gasteiger partial charge in [0.05, 0.1) is 0 Å². The maximum Gasteiger partial charge on any atom is 0.129 e. The zero-order valence-electron chi connectivity index (χ0n) is 12.2. The van der Waals surface area contributed by atoms with Gasteiger partial charge in [-0.15, -0.1) is 0 Å². The number of benzene rings is 2. The van der Waals surface area contributed by atoms with Crippen molar-refractivity contribution < 1.29 is 9.13 Å². The molecule has 0 bridgehead atoms. The fourth-order valence-electron chi connectivity index (χ4n) is 2.29. The van der Waals surface area contributed by atoms with Crippen LogP contribution in [-0.4, -0.2) is 7.05 Å². The van der Waals surface area contributed by atoms with E-state index < -0.39 is 0 Å². The fourth-order valence-corrected chi connectivity index (χ4v) is 2.48. The van der Waals surface area contributed by atoms with Gasteiger partial charge in [-0.05, 0) is 37.7 Å². The summed E-state index contributed by atoms with van der Waals surface area (Å²) in [5, 5.41) is 3.76. The lowest BCUT2D eigenvalue weighted by molar-refractivity contribution is 0.293. The summed E-state index contributed by atoms with van der Waals surface area (Å²) in [6, 6.07) is 12.5. The zero-order chi connectivity index (χ0) is 15.2. The van der Waals surface area contributed by atoms with E-state index in [4.69, 9.17) is 16.3 Å². The second-order valence-corrected chi connectivity index (χ2v) is 5.25. The summed E-state index contributed by atoms with van der Waals surface area (Å²) in [7, 11) is 1.92. The maximum atomic E-state index is 13.7. The first-order valence-electron chi connectivity index (χ1n) is 6.98. The van der Waals surface area contributed by atoms with E-state index in [1.165, 1.54) is 12.1 Å². The Labute approximate surface area is 129 Å². The van der Waals surface area contributed by atoms with Crippen LogP contribution in [0.15, 0.2) is 42.5 Å². The summed E-state index contributed by atoms with van der Waals surface area (Å²) in [6.45, 7) is 2.26. The van der Waals surface area contributed by atoms with Gasteiger partial charge < -0.3 is 10.1 Å². The van der Waals surface area contributed by atoms with Crippen LogP contribution >= 0.6 is 11.6 Å². The number of para-hydroxylation sites is 1. The van der Waals surface area contributed by atoms with Crippen LogP contribution in [0.4, 0.5) is 4.39 Å². The number of rotatable bonds is 6. The van der Waals surface area contributed by atoms with Gasteiger partial charge in [0.2, 0.25) is 0 Å². The first-order chi connectivity index (χ1) is 10.2. The van der Waals surface area contributed by atoms with Crippen molar-refractivity contribution in [3.8, 4) is 5.75 Å². The molecule has 0 fully saturated rings. The van der Waals surface area contributed by atoms with Crippen LogP contribution in [0.1, 0.15) is 30.5 Å². The summed E-state index contributed by atoms with van der Waals surface area (Å²) in [5.41, 5.74) is 1.53. The van der Waals surface area contributed by atoms with E-state index in [1.54, 1.807) is 6.07 Å². The smallest absolute Gasteiger partial charge is 0.129 e. The molecule has 0 aliphatic carbocycles. The average Bonchev–Trinajstić information content (AvgIpc) is 2.50. The summed E-state index contributed by atoms with van der Waals surface area (Å²) in [4.78, 5) is 0. The zero-order valence-corrected chi connectivity index (χ0v) is 13.0. The Bertz CT molecular complexity index is 599. The second kappa shape index (κ2) is 7.43. The largest absolute Gasteiger partial charge is 0.488 e. The summed E-state index contributed by atoms with van der Waals surface area (Å²) >= 11 is 5.89. The van der Waals surface area contributed by atoms with E-state index in [0.717, 1.165) is 17.7 Å². The Kier molecular flexibility index (Phi) is 5.59. The molecule has 1 atom stereocenters. The normalized spacial score (nSPS) is 12.2. The minimum atomic E-state index is -0.308. The highest BCUT2D eigenvalue weighted by atomic mass is 35.5. The molecule has 0 amide bonds. The predicted molar refractivity (Wildman–Crippen MR) is 84.3 cm³/mol. The van der Waals surface area contributed by atoms with Crippen molar-refractivity contribution >= 4 is 11.6 Å². The van der Waals surface area contributed by atoms with Gasteiger partial charge in [0, 0.05) is 22.2 Å². The van der Waals surface area contributed by atoms with Crippen molar-refractivity contribution in [3.05, 3.63) is 64.4 Å². The minimum Gasteiger partial charge on any atom is -0.488 e. The van der Waals surface area contributed by atoms with Crippen LogP contribution in [0.3, 0.4) is 0 Å². The first-order valence-corrected chi connectivity index (χ1v) is 7.36. The third-order valence-corrected chi connectivity index (χ3v) is 3.68. The Morgan fingerprint density at radius 1 is 1.24 bits per heavy atom. The molecular formula is C17H19ClFNO. The maximum absolute atomic E-state index is 13.7. The summed E-state index contributed by atoms with van der Waals surface area (Å²) in [5.74, 6) is 0.454. The van der Waals surface area contributed by atoms with Crippen LogP contribution in [0.25, 0.3) is 0 Å². The third-order valence-electron chi connectivity index (χ3n) is 3.44. The number of ether oxygens (including phenoxy) is 1. The van der Waals surface area contributed by atoms with Crippen molar-refractivity contribution in [2.75, 3.05) is 7.05 Å². The van der Waals surface area contributed by atoms with Crippen molar-refractivity contribution in [2.45, 2.75) is 26.0 Å². The van der Waals surface area contributed by atoms with Gasteiger partial charge in [-0.3, -0.25) is 0 Å². The van der Waals surface area contributed by atoms with Gasteiger partial charge >= 0.3 is 0 Å². The van der Waals surface area contributed by atoms with Gasteiger partial charge in [0.25, 0.3) is 0 Å². The Hall–Kier alpha value is -1.58. The van der Waals surface area contributed by atoms with Crippen LogP contribution in [0, 0.1) is 5.82 Å². The second-order valence-electron chi connectivity index (χ2n) is 4.81. The topological polar surface area (TPSA) is 21.3 Å². The summed E-state index contributed by atoms with van der Waals surface area (Å²) < 4.78 is 19.5. The standard InChI is InChI=1S/C17H19ClFNO/c1-3-16(20-2)14-6-4-5-7-17(14)21-11-12-10-13(18)8-9-15(12)19/h4-10,16,20H,3,11H2,1-2H3. The minimum absolute atomic E-state index is 0.156. The molecule has 4 heteroatoms. The highest BCUT2D eigenvalue weighted by Crippen LogP contribution is 2.28. The molecule has 1 N–H and O–H groups in total. The molecule has 0 spiro atoms. The van der Waals surface area contributed by atoms with E-state index in [2.05, 4.69) is 12.2 Å². The molecule has 0 heterocycles. The Morgan fingerprint density at radius 2 is 2.00 bits per heavy atom. The van der Waals surface area contributed by atoms with Gasteiger partial charge in [-0.1, -0.05) is 36.7 Å². The van der Waals surface area contributed by atoms with E-state index in [9.17, 15) is 4.39 Å². The van der Waals surface area contributed by atoms with Gasteiger partial charge in [0.15, 0.2) is 0 Å². The number of hydrogen-bond donors (Lipinski definition) is 1. The van der Waals surface area contributed by atoms with Crippen LogP contribution in [0.5, 0.6) is 5.75 Å². The van der Waals surface area contributed by atoms with Gasteiger partial charge in [-0.25, -0.2) is 4.39 Å². The average molecular weight is 308 g/mol.